The molecule has 0 aliphatic carbocycles. The standard InChI is InChI=1S/C20H24N4O4/c1-13-4-5-16-15(12-13)14(2)17(27-16)19-22-23-20(28-19)18(25)21-6-3-7-24-8-10-26-11-9-24/h4-5,12H,3,6-11H2,1-2H3,(H,21,25). The van der Waals surface area contributed by atoms with Gasteiger partial charge in [-0.1, -0.05) is 11.6 Å². The largest absolute Gasteiger partial charge is 0.451 e. The molecule has 0 saturated carbocycles. The topological polar surface area (TPSA) is 93.6 Å². The molecule has 0 unspecified atom stereocenters. The first kappa shape index (κ1) is 18.6. The number of aromatic nitrogens is 2. The fraction of sp³-hybridized carbons (Fsp3) is 0.450. The smallest absolute Gasteiger partial charge is 0.308 e. The molecule has 1 aromatic carbocycles. The summed E-state index contributed by atoms with van der Waals surface area (Å²) in [5.74, 6) is 0.284. The van der Waals surface area contributed by atoms with Crippen molar-refractivity contribution in [3.8, 4) is 11.7 Å². The second kappa shape index (κ2) is 8.12. The summed E-state index contributed by atoms with van der Waals surface area (Å²) in [5, 5.41) is 11.7. The molecule has 0 spiro atoms. The van der Waals surface area contributed by atoms with Gasteiger partial charge >= 0.3 is 11.8 Å². The van der Waals surface area contributed by atoms with E-state index in [1.54, 1.807) is 0 Å². The third-order valence-corrected chi connectivity index (χ3v) is 4.95. The molecule has 1 fully saturated rings. The lowest BCUT2D eigenvalue weighted by Gasteiger charge is -2.26. The van der Waals surface area contributed by atoms with Crippen molar-refractivity contribution >= 4 is 16.9 Å². The number of rotatable bonds is 6. The third-order valence-electron chi connectivity index (χ3n) is 4.95. The van der Waals surface area contributed by atoms with Gasteiger partial charge in [-0.05, 0) is 38.9 Å². The predicted octanol–water partition coefficient (Wildman–Crippen LogP) is 2.55. The van der Waals surface area contributed by atoms with E-state index >= 15 is 0 Å². The Balaban J connectivity index is 1.37. The van der Waals surface area contributed by atoms with Crippen molar-refractivity contribution < 1.29 is 18.4 Å². The second-order valence-corrected chi connectivity index (χ2v) is 7.03. The van der Waals surface area contributed by atoms with E-state index in [2.05, 4.69) is 26.5 Å². The highest BCUT2D eigenvalue weighted by Crippen LogP contribution is 2.32. The van der Waals surface area contributed by atoms with Crippen LogP contribution in [0.3, 0.4) is 0 Å². The maximum Gasteiger partial charge on any atom is 0.308 e. The molecule has 0 atom stereocenters. The van der Waals surface area contributed by atoms with Gasteiger partial charge in [0, 0.05) is 30.6 Å². The van der Waals surface area contributed by atoms with Crippen molar-refractivity contribution in [3.63, 3.8) is 0 Å². The molecule has 8 nitrogen and oxygen atoms in total. The molecule has 28 heavy (non-hydrogen) atoms. The van der Waals surface area contributed by atoms with Crippen LogP contribution in [0.1, 0.15) is 28.2 Å². The van der Waals surface area contributed by atoms with Gasteiger partial charge in [-0.25, -0.2) is 0 Å². The van der Waals surface area contributed by atoms with Crippen molar-refractivity contribution in [2.75, 3.05) is 39.4 Å². The van der Waals surface area contributed by atoms with Gasteiger partial charge in [-0.15, -0.1) is 10.2 Å². The van der Waals surface area contributed by atoms with E-state index in [9.17, 15) is 4.79 Å². The number of morpholine rings is 1. The van der Waals surface area contributed by atoms with Gasteiger partial charge in [0.2, 0.25) is 0 Å². The minimum Gasteiger partial charge on any atom is -0.451 e. The monoisotopic (exact) mass is 384 g/mol. The molecule has 1 saturated heterocycles. The van der Waals surface area contributed by atoms with Gasteiger partial charge in [0.05, 0.1) is 13.2 Å². The summed E-state index contributed by atoms with van der Waals surface area (Å²) in [6.45, 7) is 8.88. The number of furan rings is 1. The number of nitrogens with zero attached hydrogens (tertiary/aromatic N) is 3. The molecule has 1 amide bonds. The molecule has 3 aromatic rings. The van der Waals surface area contributed by atoms with E-state index in [1.807, 2.05) is 26.0 Å². The quantitative estimate of drug-likeness (QED) is 0.653. The van der Waals surface area contributed by atoms with E-state index in [-0.39, 0.29) is 17.7 Å². The van der Waals surface area contributed by atoms with Crippen molar-refractivity contribution in [2.24, 2.45) is 0 Å². The van der Waals surface area contributed by atoms with Crippen LogP contribution >= 0.6 is 0 Å². The predicted molar refractivity (Wildman–Crippen MR) is 103 cm³/mol. The Hall–Kier alpha value is -2.71. The van der Waals surface area contributed by atoms with Gasteiger partial charge in [0.25, 0.3) is 5.89 Å². The first-order valence-corrected chi connectivity index (χ1v) is 9.54. The van der Waals surface area contributed by atoms with Crippen LogP contribution in [0, 0.1) is 13.8 Å². The van der Waals surface area contributed by atoms with Crippen LogP contribution in [0.15, 0.2) is 27.0 Å². The zero-order valence-corrected chi connectivity index (χ0v) is 16.2. The second-order valence-electron chi connectivity index (χ2n) is 7.03. The van der Waals surface area contributed by atoms with Crippen LogP contribution in [0.25, 0.3) is 22.6 Å². The average molecular weight is 384 g/mol. The van der Waals surface area contributed by atoms with Crippen molar-refractivity contribution in [2.45, 2.75) is 20.3 Å². The number of ether oxygens (including phenoxy) is 1. The number of hydrogen-bond acceptors (Lipinski definition) is 7. The van der Waals surface area contributed by atoms with Crippen molar-refractivity contribution in [3.05, 3.63) is 35.2 Å². The SMILES string of the molecule is Cc1ccc2oc(-c3nnc(C(=O)NCCCN4CCOCC4)o3)c(C)c2c1. The van der Waals surface area contributed by atoms with Gasteiger partial charge in [-0.2, -0.15) is 0 Å². The van der Waals surface area contributed by atoms with Gasteiger partial charge < -0.3 is 18.9 Å². The van der Waals surface area contributed by atoms with E-state index in [0.717, 1.165) is 61.4 Å². The molecule has 0 radical (unpaired) electrons. The molecular formula is C20H24N4O4. The lowest BCUT2D eigenvalue weighted by Crippen LogP contribution is -2.38. The average Bonchev–Trinajstić information content (AvgIpc) is 3.31. The van der Waals surface area contributed by atoms with Crippen LogP contribution in [0.4, 0.5) is 0 Å². The van der Waals surface area contributed by atoms with Crippen LogP contribution in [-0.2, 0) is 4.74 Å². The van der Waals surface area contributed by atoms with Gasteiger partial charge in [0.15, 0.2) is 5.76 Å². The first-order chi connectivity index (χ1) is 13.6. The summed E-state index contributed by atoms with van der Waals surface area (Å²) >= 11 is 0. The van der Waals surface area contributed by atoms with E-state index in [1.165, 1.54) is 0 Å². The number of carbonyl (C=O) groups excluding carboxylic acids is 1. The molecule has 1 aliphatic rings. The van der Waals surface area contributed by atoms with E-state index in [4.69, 9.17) is 13.6 Å². The van der Waals surface area contributed by atoms with Crippen LogP contribution < -0.4 is 5.32 Å². The number of benzene rings is 1. The summed E-state index contributed by atoms with van der Waals surface area (Å²) in [7, 11) is 0. The number of nitrogens with one attached hydrogen (secondary N) is 1. The minimum atomic E-state index is -0.370. The van der Waals surface area contributed by atoms with Crippen LogP contribution in [0.2, 0.25) is 0 Å². The Morgan fingerprint density at radius 1 is 1.18 bits per heavy atom. The summed E-state index contributed by atoms with van der Waals surface area (Å²) in [6, 6.07) is 5.95. The number of carbonyl (C=O) groups is 1. The highest BCUT2D eigenvalue weighted by atomic mass is 16.5. The molecule has 4 rings (SSSR count). The highest BCUT2D eigenvalue weighted by molar-refractivity contribution is 5.90. The zero-order chi connectivity index (χ0) is 19.5. The molecule has 3 heterocycles. The summed E-state index contributed by atoms with van der Waals surface area (Å²) < 4.78 is 16.7. The van der Waals surface area contributed by atoms with Crippen molar-refractivity contribution in [1.82, 2.24) is 20.4 Å². The van der Waals surface area contributed by atoms with Crippen molar-refractivity contribution in [1.29, 1.82) is 0 Å². The Labute approximate surface area is 162 Å². The Kier molecular flexibility index (Phi) is 5.40. The van der Waals surface area contributed by atoms with E-state index in [0.29, 0.717) is 12.3 Å². The molecule has 148 valence electrons. The molecule has 2 aromatic heterocycles. The van der Waals surface area contributed by atoms with Crippen LogP contribution in [-0.4, -0.2) is 60.4 Å². The number of amides is 1. The van der Waals surface area contributed by atoms with Crippen LogP contribution in [0.5, 0.6) is 0 Å². The molecule has 1 aliphatic heterocycles. The van der Waals surface area contributed by atoms with Gasteiger partial charge in [-0.3, -0.25) is 9.69 Å². The number of hydrogen-bond donors (Lipinski definition) is 1. The Morgan fingerprint density at radius 3 is 2.82 bits per heavy atom. The third kappa shape index (κ3) is 3.93. The fourth-order valence-corrected chi connectivity index (χ4v) is 3.35. The normalized spacial score (nSPS) is 15.2. The summed E-state index contributed by atoms with van der Waals surface area (Å²) in [5.41, 5.74) is 2.82. The Morgan fingerprint density at radius 2 is 2.00 bits per heavy atom. The summed E-state index contributed by atoms with van der Waals surface area (Å²) in [6.07, 6.45) is 0.856. The molecule has 1 N–H and O–H groups in total. The number of aryl methyl sites for hydroxylation is 2. The first-order valence-electron chi connectivity index (χ1n) is 9.54. The van der Waals surface area contributed by atoms with E-state index < -0.39 is 0 Å². The summed E-state index contributed by atoms with van der Waals surface area (Å²) in [4.78, 5) is 14.6. The highest BCUT2D eigenvalue weighted by Gasteiger charge is 2.21. The lowest BCUT2D eigenvalue weighted by atomic mass is 10.1. The number of fused-ring (bicyclic) bond motifs is 1. The zero-order valence-electron chi connectivity index (χ0n) is 16.2. The maximum absolute atomic E-state index is 12.3. The minimum absolute atomic E-state index is 0.0580. The molecule has 0 bridgehead atoms. The maximum atomic E-state index is 12.3. The fourth-order valence-electron chi connectivity index (χ4n) is 3.35. The van der Waals surface area contributed by atoms with Gasteiger partial charge in [0.1, 0.15) is 5.58 Å². The Bertz CT molecular complexity index is 972. The lowest BCUT2D eigenvalue weighted by molar-refractivity contribution is 0.0374. The molecule has 8 heteroatoms. The molecular weight excluding hydrogens is 360 g/mol.